The van der Waals surface area contributed by atoms with Crippen molar-refractivity contribution in [3.8, 4) is 6.07 Å². The molecule has 7 heteroatoms. The highest BCUT2D eigenvalue weighted by molar-refractivity contribution is 9.10. The summed E-state index contributed by atoms with van der Waals surface area (Å²) < 4.78 is 1.09. The van der Waals surface area contributed by atoms with Crippen molar-refractivity contribution >= 4 is 57.7 Å². The highest BCUT2D eigenvalue weighted by Gasteiger charge is 2.15. The van der Waals surface area contributed by atoms with E-state index in [-0.39, 0.29) is 21.3 Å². The van der Waals surface area contributed by atoms with E-state index in [1.807, 2.05) is 12.1 Å². The highest BCUT2D eigenvalue weighted by Crippen LogP contribution is 2.25. The Morgan fingerprint density at radius 3 is 2.36 bits per heavy atom. The standard InChI is InChI=1S/C18H13BrN2O2S2/c19-13-6-8-14(9-7-13)21-17(23)15(10-20)18(24)25-11-16(22)12-4-2-1-3-5-12/h1-9,24H,11H2,(H,21,23). The van der Waals surface area contributed by atoms with Crippen molar-refractivity contribution in [3.63, 3.8) is 0 Å². The van der Waals surface area contributed by atoms with Crippen LogP contribution in [0.4, 0.5) is 5.69 Å². The summed E-state index contributed by atoms with van der Waals surface area (Å²) in [6, 6.07) is 17.6. The molecule has 0 heterocycles. The molecule has 0 aliphatic carbocycles. The third-order valence-corrected chi connectivity index (χ3v) is 5.11. The van der Waals surface area contributed by atoms with E-state index in [0.717, 1.165) is 16.2 Å². The average molecular weight is 433 g/mol. The number of carbonyl (C=O) groups excluding carboxylic acids is 2. The van der Waals surface area contributed by atoms with Gasteiger partial charge in [-0.05, 0) is 24.3 Å². The summed E-state index contributed by atoms with van der Waals surface area (Å²) in [6.07, 6.45) is 0. The predicted octanol–water partition coefficient (Wildman–Crippen LogP) is 4.67. The Morgan fingerprint density at radius 1 is 1.12 bits per heavy atom. The van der Waals surface area contributed by atoms with Crippen molar-refractivity contribution in [2.75, 3.05) is 11.1 Å². The molecule has 0 spiro atoms. The summed E-state index contributed by atoms with van der Waals surface area (Å²) in [7, 11) is 0. The molecule has 0 fully saturated rings. The quantitative estimate of drug-likeness (QED) is 0.301. The number of anilines is 1. The van der Waals surface area contributed by atoms with Crippen LogP contribution in [0.2, 0.25) is 0 Å². The smallest absolute Gasteiger partial charge is 0.268 e. The summed E-state index contributed by atoms with van der Waals surface area (Å²) in [6.45, 7) is 0. The first kappa shape index (κ1) is 19.3. The van der Waals surface area contributed by atoms with Gasteiger partial charge in [-0.2, -0.15) is 5.26 Å². The lowest BCUT2D eigenvalue weighted by Gasteiger charge is -2.07. The van der Waals surface area contributed by atoms with E-state index in [4.69, 9.17) is 0 Å². The number of thioether (sulfide) groups is 1. The molecule has 2 aromatic carbocycles. The topological polar surface area (TPSA) is 70.0 Å². The number of carbonyl (C=O) groups is 2. The number of rotatable bonds is 6. The lowest BCUT2D eigenvalue weighted by molar-refractivity contribution is -0.112. The van der Waals surface area contributed by atoms with E-state index in [2.05, 4.69) is 33.9 Å². The van der Waals surface area contributed by atoms with Crippen LogP contribution in [0.5, 0.6) is 0 Å². The first-order valence-electron chi connectivity index (χ1n) is 7.12. The molecule has 25 heavy (non-hydrogen) atoms. The molecule has 0 saturated carbocycles. The molecular weight excluding hydrogens is 420 g/mol. The molecule has 0 aliphatic rings. The van der Waals surface area contributed by atoms with Crippen LogP contribution in [0.15, 0.2) is 68.9 Å². The zero-order chi connectivity index (χ0) is 18.2. The van der Waals surface area contributed by atoms with E-state index in [0.29, 0.717) is 11.3 Å². The van der Waals surface area contributed by atoms with E-state index >= 15 is 0 Å². The summed E-state index contributed by atoms with van der Waals surface area (Å²) in [5, 5.41) is 11.9. The number of halogens is 1. The summed E-state index contributed by atoms with van der Waals surface area (Å²) >= 11 is 8.58. The molecular formula is C18H13BrN2O2S2. The predicted molar refractivity (Wildman–Crippen MR) is 108 cm³/mol. The third kappa shape index (κ3) is 5.78. The summed E-state index contributed by atoms with van der Waals surface area (Å²) in [5.41, 5.74) is 1.01. The van der Waals surface area contributed by atoms with Crippen molar-refractivity contribution in [3.05, 3.63) is 74.4 Å². The number of ketones is 1. The van der Waals surface area contributed by atoms with Crippen molar-refractivity contribution < 1.29 is 9.59 Å². The number of benzene rings is 2. The Labute approximate surface area is 163 Å². The van der Waals surface area contributed by atoms with Crippen LogP contribution in [0.1, 0.15) is 10.4 Å². The lowest BCUT2D eigenvalue weighted by Crippen LogP contribution is -2.14. The molecule has 2 aromatic rings. The van der Waals surface area contributed by atoms with Crippen LogP contribution < -0.4 is 5.32 Å². The van der Waals surface area contributed by atoms with Gasteiger partial charge in [0.25, 0.3) is 5.91 Å². The molecule has 0 radical (unpaired) electrons. The zero-order valence-electron chi connectivity index (χ0n) is 12.9. The molecule has 0 unspecified atom stereocenters. The first-order valence-corrected chi connectivity index (χ1v) is 9.35. The van der Waals surface area contributed by atoms with Gasteiger partial charge in [-0.3, -0.25) is 9.59 Å². The number of hydrogen-bond donors (Lipinski definition) is 2. The van der Waals surface area contributed by atoms with E-state index in [1.165, 1.54) is 0 Å². The minimum absolute atomic E-state index is 0.0947. The van der Waals surface area contributed by atoms with Gasteiger partial charge in [0.05, 0.1) is 9.99 Å². The Morgan fingerprint density at radius 2 is 1.76 bits per heavy atom. The molecule has 1 amide bonds. The molecule has 0 bridgehead atoms. The molecule has 0 aromatic heterocycles. The van der Waals surface area contributed by atoms with Crippen LogP contribution in [-0.2, 0) is 4.79 Å². The van der Waals surface area contributed by atoms with Gasteiger partial charge in [-0.1, -0.05) is 46.3 Å². The first-order chi connectivity index (χ1) is 12.0. The minimum Gasteiger partial charge on any atom is -0.321 e. The molecule has 1 N–H and O–H groups in total. The van der Waals surface area contributed by atoms with Crippen molar-refractivity contribution in [2.45, 2.75) is 0 Å². The van der Waals surface area contributed by atoms with Gasteiger partial charge in [0.1, 0.15) is 11.6 Å². The molecule has 0 aliphatic heterocycles. The van der Waals surface area contributed by atoms with Crippen LogP contribution in [-0.4, -0.2) is 17.4 Å². The van der Waals surface area contributed by atoms with Crippen LogP contribution >= 0.6 is 40.3 Å². The number of nitrogens with one attached hydrogen (secondary N) is 1. The second-order valence-corrected chi connectivity index (χ2v) is 7.48. The molecule has 4 nitrogen and oxygen atoms in total. The van der Waals surface area contributed by atoms with Gasteiger partial charge in [-0.15, -0.1) is 24.4 Å². The van der Waals surface area contributed by atoms with Crippen molar-refractivity contribution in [2.24, 2.45) is 0 Å². The second kappa shape index (κ2) is 9.47. The fraction of sp³-hybridized carbons (Fsp3) is 0.0556. The average Bonchev–Trinajstić information content (AvgIpc) is 2.63. The lowest BCUT2D eigenvalue weighted by atomic mass is 10.2. The van der Waals surface area contributed by atoms with Gasteiger partial charge in [0.15, 0.2) is 5.78 Å². The van der Waals surface area contributed by atoms with E-state index in [9.17, 15) is 14.9 Å². The maximum Gasteiger partial charge on any atom is 0.268 e. The minimum atomic E-state index is -0.561. The maximum absolute atomic E-state index is 12.2. The van der Waals surface area contributed by atoms with Gasteiger partial charge < -0.3 is 5.32 Å². The Bertz CT molecular complexity index is 844. The second-order valence-electron chi connectivity index (χ2n) is 4.83. The fourth-order valence-electron chi connectivity index (χ4n) is 1.84. The fourth-order valence-corrected chi connectivity index (χ4v) is 3.16. The third-order valence-electron chi connectivity index (χ3n) is 3.09. The molecule has 2 rings (SSSR count). The normalized spacial score (nSPS) is 11.2. The number of nitriles is 1. The van der Waals surface area contributed by atoms with Gasteiger partial charge in [0, 0.05) is 15.7 Å². The number of nitrogens with zero attached hydrogens (tertiary/aromatic N) is 1. The number of amides is 1. The van der Waals surface area contributed by atoms with Crippen LogP contribution in [0, 0.1) is 11.3 Å². The van der Waals surface area contributed by atoms with Crippen LogP contribution in [0.25, 0.3) is 0 Å². The molecule has 126 valence electrons. The monoisotopic (exact) mass is 432 g/mol. The maximum atomic E-state index is 12.2. The number of hydrogen-bond acceptors (Lipinski definition) is 5. The SMILES string of the molecule is N#CC(C(=O)Nc1ccc(Br)cc1)=C(S)SCC(=O)c1ccccc1. The Kier molecular flexibility index (Phi) is 7.31. The van der Waals surface area contributed by atoms with E-state index in [1.54, 1.807) is 48.5 Å². The molecule has 0 saturated heterocycles. The van der Waals surface area contributed by atoms with Crippen molar-refractivity contribution in [1.82, 2.24) is 0 Å². The number of Topliss-reactive ketones (excluding diaryl/α,β-unsaturated/α-hetero) is 1. The Hall–Kier alpha value is -2.01. The largest absolute Gasteiger partial charge is 0.321 e. The zero-order valence-corrected chi connectivity index (χ0v) is 16.2. The van der Waals surface area contributed by atoms with E-state index < -0.39 is 5.91 Å². The molecule has 0 atom stereocenters. The van der Waals surface area contributed by atoms with Gasteiger partial charge >= 0.3 is 0 Å². The Balaban J connectivity index is 2.03. The van der Waals surface area contributed by atoms with Gasteiger partial charge in [-0.25, -0.2) is 0 Å². The highest BCUT2D eigenvalue weighted by atomic mass is 79.9. The van der Waals surface area contributed by atoms with Crippen LogP contribution in [0.3, 0.4) is 0 Å². The van der Waals surface area contributed by atoms with Gasteiger partial charge in [0.2, 0.25) is 0 Å². The summed E-state index contributed by atoms with van der Waals surface area (Å²) in [4.78, 5) is 24.3. The number of thiol groups is 1. The van der Waals surface area contributed by atoms with Crippen molar-refractivity contribution in [1.29, 1.82) is 5.26 Å². The summed E-state index contributed by atoms with van der Waals surface area (Å²) in [5.74, 6) is -0.559.